The van der Waals surface area contributed by atoms with E-state index in [9.17, 15) is 13.2 Å². The summed E-state index contributed by atoms with van der Waals surface area (Å²) in [5, 5.41) is 0. The van der Waals surface area contributed by atoms with Gasteiger partial charge in [0.25, 0.3) is 0 Å². The Labute approximate surface area is 136 Å². The second-order valence-electron chi connectivity index (χ2n) is 5.16. The van der Waals surface area contributed by atoms with Crippen LogP contribution in [-0.4, -0.2) is 63.9 Å². The number of amides is 1. The van der Waals surface area contributed by atoms with Crippen molar-refractivity contribution in [1.82, 2.24) is 9.21 Å². The van der Waals surface area contributed by atoms with Crippen molar-refractivity contribution >= 4 is 15.9 Å². The third kappa shape index (κ3) is 3.59. The van der Waals surface area contributed by atoms with Gasteiger partial charge in [0.05, 0.1) is 14.2 Å². The number of hydrogen-bond donors (Lipinski definition) is 0. The van der Waals surface area contributed by atoms with Gasteiger partial charge in [-0.05, 0) is 12.1 Å². The molecule has 1 fully saturated rings. The van der Waals surface area contributed by atoms with Gasteiger partial charge in [0, 0.05) is 38.7 Å². The number of methoxy groups -OCH3 is 2. The second-order valence-corrected chi connectivity index (χ2v) is 7.06. The van der Waals surface area contributed by atoms with Crippen molar-refractivity contribution in [3.05, 3.63) is 18.2 Å². The van der Waals surface area contributed by atoms with Crippen LogP contribution in [-0.2, 0) is 14.8 Å². The Hall–Kier alpha value is -1.80. The third-order valence-electron chi connectivity index (χ3n) is 3.88. The van der Waals surface area contributed by atoms with Crippen LogP contribution in [0.25, 0.3) is 0 Å². The molecule has 2 rings (SSSR count). The fourth-order valence-corrected chi connectivity index (χ4v) is 4.12. The van der Waals surface area contributed by atoms with Crippen LogP contribution in [0.4, 0.5) is 0 Å². The van der Waals surface area contributed by atoms with Gasteiger partial charge in [0.15, 0.2) is 0 Å². The first kappa shape index (κ1) is 17.6. The summed E-state index contributed by atoms with van der Waals surface area (Å²) in [6.07, 6.45) is 0.427. The molecule has 1 aromatic rings. The van der Waals surface area contributed by atoms with Crippen molar-refractivity contribution in [3.8, 4) is 11.5 Å². The van der Waals surface area contributed by atoms with Crippen LogP contribution in [0.5, 0.6) is 11.5 Å². The highest BCUT2D eigenvalue weighted by Gasteiger charge is 2.32. The number of ether oxygens (including phenoxy) is 2. The minimum atomic E-state index is -3.70. The first-order chi connectivity index (χ1) is 10.9. The van der Waals surface area contributed by atoms with Crippen LogP contribution < -0.4 is 9.47 Å². The predicted octanol–water partition coefficient (Wildman–Crippen LogP) is 0.947. The van der Waals surface area contributed by atoms with Gasteiger partial charge < -0.3 is 14.4 Å². The smallest absolute Gasteiger partial charge is 0.247 e. The predicted molar refractivity (Wildman–Crippen MR) is 85.2 cm³/mol. The monoisotopic (exact) mass is 342 g/mol. The van der Waals surface area contributed by atoms with Crippen molar-refractivity contribution in [1.29, 1.82) is 0 Å². The summed E-state index contributed by atoms with van der Waals surface area (Å²) in [7, 11) is -0.794. The lowest BCUT2D eigenvalue weighted by Gasteiger charge is -2.34. The zero-order valence-corrected chi connectivity index (χ0v) is 14.4. The second kappa shape index (κ2) is 7.18. The van der Waals surface area contributed by atoms with E-state index >= 15 is 0 Å². The largest absolute Gasteiger partial charge is 0.497 e. The summed E-state index contributed by atoms with van der Waals surface area (Å²) >= 11 is 0. The molecule has 1 saturated heterocycles. The van der Waals surface area contributed by atoms with Gasteiger partial charge in [-0.3, -0.25) is 4.79 Å². The lowest BCUT2D eigenvalue weighted by atomic mass is 10.3. The molecule has 1 amide bonds. The van der Waals surface area contributed by atoms with Gasteiger partial charge in [0.1, 0.15) is 16.4 Å². The Kier molecular flexibility index (Phi) is 5.48. The Morgan fingerprint density at radius 1 is 1.13 bits per heavy atom. The van der Waals surface area contributed by atoms with Crippen LogP contribution in [0.3, 0.4) is 0 Å². The first-order valence-corrected chi connectivity index (χ1v) is 8.88. The molecule has 1 aliphatic heterocycles. The normalized spacial score (nSPS) is 16.2. The highest BCUT2D eigenvalue weighted by molar-refractivity contribution is 7.89. The van der Waals surface area contributed by atoms with E-state index in [1.54, 1.807) is 24.0 Å². The van der Waals surface area contributed by atoms with E-state index in [4.69, 9.17) is 9.47 Å². The molecular formula is C15H22N2O5S. The van der Waals surface area contributed by atoms with Crippen molar-refractivity contribution in [3.63, 3.8) is 0 Å². The van der Waals surface area contributed by atoms with Gasteiger partial charge in [-0.15, -0.1) is 0 Å². The molecule has 0 aliphatic carbocycles. The van der Waals surface area contributed by atoms with Gasteiger partial charge >= 0.3 is 0 Å². The molecule has 0 bridgehead atoms. The van der Waals surface area contributed by atoms with Crippen LogP contribution in [0.1, 0.15) is 13.3 Å². The number of carbonyl (C=O) groups is 1. The Balaban J connectivity index is 2.24. The standard InChI is InChI=1S/C15H22N2O5S/c1-4-15(18)16-7-9-17(10-8-16)23(19,20)14-11-12(21-2)5-6-13(14)22-3/h5-6,11H,4,7-10H2,1-3H3. The summed E-state index contributed by atoms with van der Waals surface area (Å²) in [4.78, 5) is 13.5. The molecule has 0 radical (unpaired) electrons. The van der Waals surface area contributed by atoms with Crippen molar-refractivity contribution in [2.24, 2.45) is 0 Å². The summed E-state index contributed by atoms with van der Waals surface area (Å²) in [6.45, 7) is 3.14. The summed E-state index contributed by atoms with van der Waals surface area (Å²) < 4.78 is 37.4. The van der Waals surface area contributed by atoms with E-state index in [2.05, 4.69) is 0 Å². The number of benzene rings is 1. The Bertz CT molecular complexity index is 666. The average molecular weight is 342 g/mol. The molecule has 1 aromatic carbocycles. The van der Waals surface area contributed by atoms with Crippen molar-refractivity contribution in [2.45, 2.75) is 18.2 Å². The van der Waals surface area contributed by atoms with Crippen LogP contribution in [0.15, 0.2) is 23.1 Å². The molecule has 1 aliphatic rings. The number of rotatable bonds is 5. The Morgan fingerprint density at radius 3 is 2.30 bits per heavy atom. The zero-order chi connectivity index (χ0) is 17.0. The molecule has 0 atom stereocenters. The number of sulfonamides is 1. The maximum Gasteiger partial charge on any atom is 0.247 e. The molecule has 128 valence electrons. The number of piperazine rings is 1. The quantitative estimate of drug-likeness (QED) is 0.796. The van der Waals surface area contributed by atoms with Crippen LogP contribution in [0.2, 0.25) is 0 Å². The van der Waals surface area contributed by atoms with E-state index in [-0.39, 0.29) is 29.6 Å². The van der Waals surface area contributed by atoms with Gasteiger partial charge in [0.2, 0.25) is 15.9 Å². The number of nitrogens with zero attached hydrogens (tertiary/aromatic N) is 2. The van der Waals surface area contributed by atoms with Gasteiger partial charge in [-0.25, -0.2) is 8.42 Å². The van der Waals surface area contributed by atoms with E-state index in [1.807, 2.05) is 0 Å². The lowest BCUT2D eigenvalue weighted by molar-refractivity contribution is -0.132. The highest BCUT2D eigenvalue weighted by atomic mass is 32.2. The van der Waals surface area contributed by atoms with Crippen molar-refractivity contribution < 1.29 is 22.7 Å². The third-order valence-corrected chi connectivity index (χ3v) is 5.80. The summed E-state index contributed by atoms with van der Waals surface area (Å²) in [5.41, 5.74) is 0. The molecule has 8 heteroatoms. The topological polar surface area (TPSA) is 76.2 Å². The van der Waals surface area contributed by atoms with E-state index < -0.39 is 10.0 Å². The minimum absolute atomic E-state index is 0.0426. The molecule has 23 heavy (non-hydrogen) atoms. The highest BCUT2D eigenvalue weighted by Crippen LogP contribution is 2.31. The number of hydrogen-bond acceptors (Lipinski definition) is 5. The molecule has 0 saturated carbocycles. The molecule has 0 aromatic heterocycles. The number of carbonyl (C=O) groups excluding carboxylic acids is 1. The lowest BCUT2D eigenvalue weighted by Crippen LogP contribution is -2.50. The van der Waals surface area contributed by atoms with Crippen LogP contribution in [0, 0.1) is 0 Å². The molecule has 0 spiro atoms. The average Bonchev–Trinajstić information content (AvgIpc) is 2.60. The zero-order valence-electron chi connectivity index (χ0n) is 13.6. The molecule has 0 N–H and O–H groups in total. The fourth-order valence-electron chi connectivity index (χ4n) is 2.53. The molecule has 0 unspecified atom stereocenters. The minimum Gasteiger partial charge on any atom is -0.497 e. The van der Waals surface area contributed by atoms with Gasteiger partial charge in [-0.1, -0.05) is 6.92 Å². The molecule has 1 heterocycles. The molecule has 7 nitrogen and oxygen atoms in total. The van der Waals surface area contributed by atoms with E-state index in [1.165, 1.54) is 24.6 Å². The summed E-state index contributed by atoms with van der Waals surface area (Å²) in [5.74, 6) is 0.767. The fraction of sp³-hybridized carbons (Fsp3) is 0.533. The van der Waals surface area contributed by atoms with Gasteiger partial charge in [-0.2, -0.15) is 4.31 Å². The molecular weight excluding hydrogens is 320 g/mol. The summed E-state index contributed by atoms with van der Waals surface area (Å²) in [6, 6.07) is 4.68. The van der Waals surface area contributed by atoms with Crippen LogP contribution >= 0.6 is 0 Å². The maximum atomic E-state index is 12.9. The Morgan fingerprint density at radius 2 is 1.78 bits per heavy atom. The van der Waals surface area contributed by atoms with Crippen molar-refractivity contribution in [2.75, 3.05) is 40.4 Å². The van der Waals surface area contributed by atoms with E-state index in [0.717, 1.165) is 0 Å². The maximum absolute atomic E-state index is 12.9. The SMILES string of the molecule is CCC(=O)N1CCN(S(=O)(=O)c2cc(OC)ccc2OC)CC1. The van der Waals surface area contributed by atoms with E-state index in [0.29, 0.717) is 25.3 Å². The first-order valence-electron chi connectivity index (χ1n) is 7.44.